The van der Waals surface area contributed by atoms with E-state index in [0.29, 0.717) is 19.5 Å². The van der Waals surface area contributed by atoms with Gasteiger partial charge in [0, 0.05) is 24.6 Å². The van der Waals surface area contributed by atoms with Crippen LogP contribution in [-0.2, 0) is 0 Å². The average Bonchev–Trinajstić information content (AvgIpc) is 2.82. The van der Waals surface area contributed by atoms with E-state index in [9.17, 15) is 4.79 Å². The molecule has 1 aliphatic heterocycles. The number of amides is 2. The fourth-order valence-corrected chi connectivity index (χ4v) is 2.82. The van der Waals surface area contributed by atoms with Gasteiger partial charge in [-0.25, -0.2) is 4.79 Å². The summed E-state index contributed by atoms with van der Waals surface area (Å²) in [6, 6.07) is 3.74. The number of urea groups is 1. The molecule has 0 saturated carbocycles. The van der Waals surface area contributed by atoms with Crippen molar-refractivity contribution in [3.05, 3.63) is 21.3 Å². The average molecular weight is 261 g/mol. The summed E-state index contributed by atoms with van der Waals surface area (Å²) in [7, 11) is 0. The fourth-order valence-electron chi connectivity index (χ4n) is 1.72. The van der Waals surface area contributed by atoms with Gasteiger partial charge in [0.2, 0.25) is 0 Å². The monoisotopic (exact) mass is 260 g/mol. The topological polar surface area (TPSA) is 52.6 Å². The van der Waals surface area contributed by atoms with Gasteiger partial charge in [0.1, 0.15) is 0 Å². The molecule has 1 atom stereocenters. The molecule has 6 heteroatoms. The van der Waals surface area contributed by atoms with Gasteiger partial charge < -0.3 is 15.3 Å². The van der Waals surface area contributed by atoms with E-state index in [1.165, 1.54) is 11.3 Å². The Balaban J connectivity index is 1.98. The number of carbonyl (C=O) groups is 1. The molecular formula is C10H13ClN2O2S. The maximum Gasteiger partial charge on any atom is 0.318 e. The molecular weight excluding hydrogens is 248 g/mol. The summed E-state index contributed by atoms with van der Waals surface area (Å²) in [5.74, 6) is 0. The molecule has 0 radical (unpaired) electrons. The second-order valence-corrected chi connectivity index (χ2v) is 5.41. The Labute approximate surface area is 103 Å². The third kappa shape index (κ3) is 2.48. The number of carbonyl (C=O) groups excluding carboxylic acids is 1. The van der Waals surface area contributed by atoms with Crippen LogP contribution in [0.2, 0.25) is 4.34 Å². The smallest absolute Gasteiger partial charge is 0.318 e. The highest BCUT2D eigenvalue weighted by atomic mass is 35.5. The van der Waals surface area contributed by atoms with E-state index in [1.807, 2.05) is 12.1 Å². The number of halogens is 1. The molecule has 4 nitrogen and oxygen atoms in total. The van der Waals surface area contributed by atoms with Gasteiger partial charge in [-0.1, -0.05) is 11.6 Å². The van der Waals surface area contributed by atoms with Crippen LogP contribution in [0.15, 0.2) is 12.1 Å². The molecule has 0 bridgehead atoms. The maximum absolute atomic E-state index is 11.6. The van der Waals surface area contributed by atoms with E-state index in [0.717, 1.165) is 9.21 Å². The molecule has 0 aliphatic carbocycles. The minimum absolute atomic E-state index is 0.0312. The maximum atomic E-state index is 11.6. The van der Waals surface area contributed by atoms with Crippen LogP contribution in [0.1, 0.15) is 17.3 Å². The van der Waals surface area contributed by atoms with Crippen molar-refractivity contribution in [2.75, 3.05) is 19.7 Å². The van der Waals surface area contributed by atoms with E-state index >= 15 is 0 Å². The molecule has 2 amide bonds. The van der Waals surface area contributed by atoms with Crippen molar-refractivity contribution < 1.29 is 9.90 Å². The summed E-state index contributed by atoms with van der Waals surface area (Å²) >= 11 is 7.34. The second-order valence-electron chi connectivity index (χ2n) is 3.67. The molecule has 16 heavy (non-hydrogen) atoms. The van der Waals surface area contributed by atoms with Crippen LogP contribution >= 0.6 is 22.9 Å². The normalized spacial score (nSPS) is 20.2. The van der Waals surface area contributed by atoms with Gasteiger partial charge in [0.05, 0.1) is 10.4 Å². The molecule has 2 N–H and O–H groups in total. The van der Waals surface area contributed by atoms with Gasteiger partial charge in [0.25, 0.3) is 0 Å². The number of thiophene rings is 1. The van der Waals surface area contributed by atoms with Crippen LogP contribution in [0, 0.1) is 0 Å². The zero-order chi connectivity index (χ0) is 11.5. The number of hydrogen-bond acceptors (Lipinski definition) is 3. The Kier molecular flexibility index (Phi) is 3.68. The molecule has 1 aromatic heterocycles. The van der Waals surface area contributed by atoms with Gasteiger partial charge in [-0.3, -0.25) is 0 Å². The van der Waals surface area contributed by atoms with Crippen LogP contribution < -0.4 is 5.32 Å². The quantitative estimate of drug-likeness (QED) is 0.868. The van der Waals surface area contributed by atoms with Gasteiger partial charge in [0.15, 0.2) is 0 Å². The van der Waals surface area contributed by atoms with Crippen molar-refractivity contribution in [2.45, 2.75) is 12.5 Å². The van der Waals surface area contributed by atoms with Crippen LogP contribution in [-0.4, -0.2) is 35.7 Å². The number of aliphatic hydroxyl groups excluding tert-OH is 1. The number of hydrogen-bond donors (Lipinski definition) is 2. The third-order valence-corrected chi connectivity index (χ3v) is 3.86. The summed E-state index contributed by atoms with van der Waals surface area (Å²) < 4.78 is 0.734. The number of nitrogens with zero attached hydrogens (tertiary/aromatic N) is 1. The molecule has 1 aromatic rings. The predicted molar refractivity (Wildman–Crippen MR) is 63.9 cm³/mol. The van der Waals surface area contributed by atoms with E-state index in [4.69, 9.17) is 16.7 Å². The van der Waals surface area contributed by atoms with Gasteiger partial charge >= 0.3 is 6.03 Å². The lowest BCUT2D eigenvalue weighted by molar-refractivity contribution is 0.209. The van der Waals surface area contributed by atoms with Crippen LogP contribution in [0.25, 0.3) is 0 Å². The van der Waals surface area contributed by atoms with Crippen LogP contribution in [0.4, 0.5) is 4.79 Å². The Morgan fingerprint density at radius 1 is 1.62 bits per heavy atom. The first-order valence-electron chi connectivity index (χ1n) is 5.12. The first-order valence-corrected chi connectivity index (χ1v) is 6.31. The van der Waals surface area contributed by atoms with Crippen molar-refractivity contribution in [2.24, 2.45) is 0 Å². The minimum atomic E-state index is -0.0667. The lowest BCUT2D eigenvalue weighted by Gasteiger charge is -2.12. The molecule has 2 heterocycles. The van der Waals surface area contributed by atoms with Crippen molar-refractivity contribution in [3.63, 3.8) is 0 Å². The van der Waals surface area contributed by atoms with Crippen LogP contribution in [0.3, 0.4) is 0 Å². The standard InChI is InChI=1S/C10H13ClN2O2S/c11-9-3-2-8(16-9)7-6-13(4-1-5-14)10(15)12-7/h2-3,7,14H,1,4-6H2,(H,12,15). The first kappa shape index (κ1) is 11.7. The number of aliphatic hydroxyl groups is 1. The predicted octanol–water partition coefficient (Wildman–Crippen LogP) is 1.85. The molecule has 88 valence electrons. The third-order valence-electron chi connectivity index (χ3n) is 2.51. The van der Waals surface area contributed by atoms with E-state index < -0.39 is 0 Å². The van der Waals surface area contributed by atoms with E-state index in [1.54, 1.807) is 4.90 Å². The Hall–Kier alpha value is -0.780. The van der Waals surface area contributed by atoms with E-state index in [2.05, 4.69) is 5.32 Å². The van der Waals surface area contributed by atoms with Gasteiger partial charge in [-0.2, -0.15) is 0 Å². The van der Waals surface area contributed by atoms with Crippen molar-refractivity contribution in [1.82, 2.24) is 10.2 Å². The van der Waals surface area contributed by atoms with Crippen LogP contribution in [0.5, 0.6) is 0 Å². The molecule has 1 fully saturated rings. The second kappa shape index (κ2) is 5.03. The fraction of sp³-hybridized carbons (Fsp3) is 0.500. The zero-order valence-electron chi connectivity index (χ0n) is 8.65. The summed E-state index contributed by atoms with van der Waals surface area (Å²) in [6.07, 6.45) is 0.616. The Morgan fingerprint density at radius 2 is 2.44 bits per heavy atom. The number of rotatable bonds is 4. The summed E-state index contributed by atoms with van der Waals surface area (Å²) in [5.41, 5.74) is 0. The molecule has 0 aromatic carbocycles. The highest BCUT2D eigenvalue weighted by Gasteiger charge is 2.29. The van der Waals surface area contributed by atoms with Gasteiger partial charge in [-0.15, -0.1) is 11.3 Å². The van der Waals surface area contributed by atoms with E-state index in [-0.39, 0.29) is 18.7 Å². The summed E-state index contributed by atoms with van der Waals surface area (Å²) in [6.45, 7) is 1.35. The van der Waals surface area contributed by atoms with Crippen molar-refractivity contribution >= 4 is 29.0 Å². The molecule has 2 rings (SSSR count). The molecule has 1 aliphatic rings. The Morgan fingerprint density at radius 3 is 3.06 bits per heavy atom. The molecule has 1 saturated heterocycles. The summed E-state index contributed by atoms with van der Waals surface area (Å²) in [4.78, 5) is 14.4. The highest BCUT2D eigenvalue weighted by Crippen LogP contribution is 2.29. The highest BCUT2D eigenvalue weighted by molar-refractivity contribution is 7.16. The van der Waals surface area contributed by atoms with Crippen molar-refractivity contribution in [1.29, 1.82) is 0 Å². The van der Waals surface area contributed by atoms with Gasteiger partial charge in [-0.05, 0) is 18.6 Å². The molecule has 0 spiro atoms. The van der Waals surface area contributed by atoms with Crippen molar-refractivity contribution in [3.8, 4) is 0 Å². The number of nitrogens with one attached hydrogen (secondary N) is 1. The lowest BCUT2D eigenvalue weighted by atomic mass is 10.2. The zero-order valence-corrected chi connectivity index (χ0v) is 10.2. The first-order chi connectivity index (χ1) is 7.70. The Bertz CT molecular complexity index is 383. The molecule has 1 unspecified atom stereocenters. The summed E-state index contributed by atoms with van der Waals surface area (Å²) in [5, 5.41) is 11.6. The SMILES string of the molecule is O=C1NC(c2ccc(Cl)s2)CN1CCCO. The lowest BCUT2D eigenvalue weighted by Crippen LogP contribution is -2.29. The largest absolute Gasteiger partial charge is 0.396 e. The minimum Gasteiger partial charge on any atom is -0.396 e.